The van der Waals surface area contributed by atoms with E-state index in [1.807, 2.05) is 0 Å². The number of aryl methyl sites for hydroxylation is 1. The van der Waals surface area contributed by atoms with Crippen LogP contribution in [0.1, 0.15) is 24.8 Å². The molecule has 1 aromatic rings. The molecule has 120 valence electrons. The topological polar surface area (TPSA) is 80.8 Å². The second-order valence-electron chi connectivity index (χ2n) is 5.16. The lowest BCUT2D eigenvalue weighted by molar-refractivity contribution is -0.140. The van der Waals surface area contributed by atoms with Crippen LogP contribution in [0.2, 0.25) is 0 Å². The van der Waals surface area contributed by atoms with E-state index in [2.05, 4.69) is 4.74 Å². The maximum Gasteiger partial charge on any atom is 0.305 e. The molecule has 1 heterocycles. The van der Waals surface area contributed by atoms with Crippen LogP contribution in [-0.4, -0.2) is 44.7 Å². The number of piperidine rings is 1. The summed E-state index contributed by atoms with van der Waals surface area (Å²) in [4.78, 5) is 22.5. The number of carbonyl (C=O) groups is 2. The summed E-state index contributed by atoms with van der Waals surface area (Å²) in [6.07, 6.45) is 1.31. The van der Waals surface area contributed by atoms with Gasteiger partial charge in [-0.05, 0) is 24.1 Å². The monoisotopic (exact) mass is 325 g/mol. The van der Waals surface area contributed by atoms with Gasteiger partial charge in [-0.3, -0.25) is 9.59 Å². The van der Waals surface area contributed by atoms with E-state index in [0.29, 0.717) is 6.42 Å². The van der Waals surface area contributed by atoms with Crippen molar-refractivity contribution in [2.45, 2.75) is 30.6 Å². The molecule has 6 nitrogen and oxygen atoms in total. The predicted molar refractivity (Wildman–Crippen MR) is 79.8 cm³/mol. The van der Waals surface area contributed by atoms with E-state index >= 15 is 0 Å². The van der Waals surface area contributed by atoms with Crippen LogP contribution in [0.25, 0.3) is 0 Å². The Hall–Kier alpha value is -1.73. The zero-order valence-electron chi connectivity index (χ0n) is 12.4. The van der Waals surface area contributed by atoms with E-state index in [0.717, 1.165) is 5.56 Å². The van der Waals surface area contributed by atoms with Crippen LogP contribution in [-0.2, 0) is 30.8 Å². The molecule has 0 aliphatic carbocycles. The second-order valence-corrected chi connectivity index (χ2v) is 7.10. The second kappa shape index (κ2) is 7.02. The summed E-state index contributed by atoms with van der Waals surface area (Å²) in [5, 5.41) is 0. The maximum absolute atomic E-state index is 12.5. The zero-order valence-corrected chi connectivity index (χ0v) is 13.3. The number of nitrogens with zero attached hydrogens (tertiary/aromatic N) is 1. The van der Waals surface area contributed by atoms with Gasteiger partial charge in [0.25, 0.3) is 0 Å². The number of rotatable bonds is 5. The van der Waals surface area contributed by atoms with Gasteiger partial charge in [0, 0.05) is 32.4 Å². The summed E-state index contributed by atoms with van der Waals surface area (Å²) in [5.74, 6) is -0.195. The Morgan fingerprint density at radius 2 is 1.77 bits per heavy atom. The first kappa shape index (κ1) is 16.6. The Morgan fingerprint density at radius 3 is 2.32 bits per heavy atom. The van der Waals surface area contributed by atoms with E-state index in [1.54, 1.807) is 24.3 Å². The van der Waals surface area contributed by atoms with Crippen molar-refractivity contribution >= 4 is 21.8 Å². The molecule has 1 saturated heterocycles. The molecular weight excluding hydrogens is 306 g/mol. The third kappa shape index (κ3) is 3.92. The summed E-state index contributed by atoms with van der Waals surface area (Å²) in [6.45, 7) is 0.483. The van der Waals surface area contributed by atoms with E-state index in [9.17, 15) is 18.0 Å². The fourth-order valence-corrected chi connectivity index (χ4v) is 3.74. The number of ether oxygens (including phenoxy) is 1. The predicted octanol–water partition coefficient (Wildman–Crippen LogP) is 1.15. The molecule has 0 bridgehead atoms. The minimum Gasteiger partial charge on any atom is -0.469 e. The molecule has 0 amide bonds. The highest BCUT2D eigenvalue weighted by atomic mass is 32.2. The van der Waals surface area contributed by atoms with Gasteiger partial charge >= 0.3 is 5.97 Å². The highest BCUT2D eigenvalue weighted by Gasteiger charge is 2.28. The Kier molecular flexibility index (Phi) is 5.31. The Bertz CT molecular complexity index is 641. The molecule has 0 spiro atoms. The average Bonchev–Trinajstić information content (AvgIpc) is 2.53. The van der Waals surface area contributed by atoms with Crippen molar-refractivity contribution in [1.29, 1.82) is 0 Å². The molecule has 0 aromatic heterocycles. The maximum atomic E-state index is 12.5. The molecule has 0 atom stereocenters. The summed E-state index contributed by atoms with van der Waals surface area (Å²) in [7, 11) is -2.21. The minimum atomic E-state index is -3.55. The van der Waals surface area contributed by atoms with Crippen LogP contribution in [0.5, 0.6) is 0 Å². The van der Waals surface area contributed by atoms with Gasteiger partial charge in [0.05, 0.1) is 12.0 Å². The lowest BCUT2D eigenvalue weighted by atomic mass is 10.1. The quantitative estimate of drug-likeness (QED) is 0.759. The zero-order chi connectivity index (χ0) is 16.2. The first-order chi connectivity index (χ1) is 10.4. The van der Waals surface area contributed by atoms with Gasteiger partial charge in [0.2, 0.25) is 10.0 Å². The van der Waals surface area contributed by atoms with Gasteiger partial charge in [-0.25, -0.2) is 8.42 Å². The van der Waals surface area contributed by atoms with Crippen LogP contribution in [0, 0.1) is 0 Å². The number of ketones is 1. The number of hydrogen-bond donors (Lipinski definition) is 0. The SMILES string of the molecule is COC(=O)CCc1ccc(S(=O)(=O)N2CCC(=O)CC2)cc1. The van der Waals surface area contributed by atoms with Crippen LogP contribution in [0.3, 0.4) is 0 Å². The Balaban J connectivity index is 2.05. The van der Waals surface area contributed by atoms with Gasteiger partial charge in [-0.1, -0.05) is 12.1 Å². The number of Topliss-reactive ketones (excluding diaryl/α,β-unsaturated/α-hetero) is 1. The van der Waals surface area contributed by atoms with Gasteiger partial charge in [0.1, 0.15) is 5.78 Å². The number of esters is 1. The van der Waals surface area contributed by atoms with Crippen molar-refractivity contribution in [1.82, 2.24) is 4.31 Å². The molecule has 0 saturated carbocycles. The van der Waals surface area contributed by atoms with Crippen LogP contribution < -0.4 is 0 Å². The van der Waals surface area contributed by atoms with Gasteiger partial charge in [-0.15, -0.1) is 0 Å². The smallest absolute Gasteiger partial charge is 0.305 e. The van der Waals surface area contributed by atoms with Crippen molar-refractivity contribution in [3.05, 3.63) is 29.8 Å². The third-order valence-electron chi connectivity index (χ3n) is 3.69. The van der Waals surface area contributed by atoms with Crippen LogP contribution in [0.15, 0.2) is 29.2 Å². The first-order valence-corrected chi connectivity index (χ1v) is 8.55. The summed E-state index contributed by atoms with van der Waals surface area (Å²) < 4.78 is 30.8. The fraction of sp³-hybridized carbons (Fsp3) is 0.467. The number of carbonyl (C=O) groups excluding carboxylic acids is 2. The van der Waals surface area contributed by atoms with Crippen LogP contribution >= 0.6 is 0 Å². The van der Waals surface area contributed by atoms with Crippen molar-refractivity contribution in [3.8, 4) is 0 Å². The average molecular weight is 325 g/mol. The fourth-order valence-electron chi connectivity index (χ4n) is 2.30. The van der Waals surface area contributed by atoms with Crippen LogP contribution in [0.4, 0.5) is 0 Å². The highest BCUT2D eigenvalue weighted by Crippen LogP contribution is 2.20. The summed E-state index contributed by atoms with van der Waals surface area (Å²) >= 11 is 0. The molecule has 0 radical (unpaired) electrons. The molecule has 1 aromatic carbocycles. The molecular formula is C15H19NO5S. The number of benzene rings is 1. The van der Waals surface area contributed by atoms with E-state index < -0.39 is 10.0 Å². The number of hydrogen-bond acceptors (Lipinski definition) is 5. The molecule has 1 aliphatic rings. The van der Waals surface area contributed by atoms with Crippen molar-refractivity contribution in [3.63, 3.8) is 0 Å². The first-order valence-electron chi connectivity index (χ1n) is 7.11. The lowest BCUT2D eigenvalue weighted by Crippen LogP contribution is -2.38. The lowest BCUT2D eigenvalue weighted by Gasteiger charge is -2.25. The van der Waals surface area contributed by atoms with E-state index in [1.165, 1.54) is 11.4 Å². The number of sulfonamides is 1. The largest absolute Gasteiger partial charge is 0.469 e. The normalized spacial score (nSPS) is 16.5. The van der Waals surface area contributed by atoms with E-state index in [4.69, 9.17) is 0 Å². The van der Waals surface area contributed by atoms with Gasteiger partial charge in [-0.2, -0.15) is 4.31 Å². The molecule has 22 heavy (non-hydrogen) atoms. The standard InChI is InChI=1S/C15H19NO5S/c1-21-15(18)7-4-12-2-5-14(6-3-12)22(19,20)16-10-8-13(17)9-11-16/h2-3,5-6H,4,7-11H2,1H3. The van der Waals surface area contributed by atoms with Crippen molar-refractivity contribution in [2.24, 2.45) is 0 Å². The minimum absolute atomic E-state index is 0.101. The summed E-state index contributed by atoms with van der Waals surface area (Å²) in [6, 6.07) is 6.48. The molecule has 0 unspecified atom stereocenters. The van der Waals surface area contributed by atoms with E-state index in [-0.39, 0.29) is 49.0 Å². The molecule has 1 fully saturated rings. The number of methoxy groups -OCH3 is 1. The van der Waals surface area contributed by atoms with Crippen molar-refractivity contribution in [2.75, 3.05) is 20.2 Å². The highest BCUT2D eigenvalue weighted by molar-refractivity contribution is 7.89. The molecule has 2 rings (SSSR count). The summed E-state index contributed by atoms with van der Waals surface area (Å²) in [5.41, 5.74) is 0.873. The molecule has 1 aliphatic heterocycles. The Labute approximate surface area is 130 Å². The molecule has 0 N–H and O–H groups in total. The Morgan fingerprint density at radius 1 is 1.18 bits per heavy atom. The van der Waals surface area contributed by atoms with Crippen molar-refractivity contribution < 1.29 is 22.7 Å². The molecule has 7 heteroatoms. The van der Waals surface area contributed by atoms with Gasteiger partial charge < -0.3 is 4.74 Å². The third-order valence-corrected chi connectivity index (χ3v) is 5.60. The van der Waals surface area contributed by atoms with Gasteiger partial charge in [0.15, 0.2) is 0 Å².